The predicted molar refractivity (Wildman–Crippen MR) is 582 cm³/mol. The summed E-state index contributed by atoms with van der Waals surface area (Å²) in [7, 11) is 11.3. The van der Waals surface area contributed by atoms with Crippen LogP contribution in [0.5, 0.6) is 11.5 Å². The van der Waals surface area contributed by atoms with Crippen LogP contribution in [0, 0.1) is 71.7 Å². The van der Waals surface area contributed by atoms with Crippen LogP contribution in [0.25, 0.3) is 0 Å². The van der Waals surface area contributed by atoms with Crippen molar-refractivity contribution in [3.05, 3.63) is 269 Å². The van der Waals surface area contributed by atoms with Gasteiger partial charge in [0.05, 0.1) is 65.2 Å². The number of hydrogen-bond donors (Lipinski definition) is 4. The first-order valence-electron chi connectivity index (χ1n) is 52.0. The van der Waals surface area contributed by atoms with Crippen LogP contribution in [0.4, 0.5) is 29.7 Å². The molecular formula is C117H161Cl2F2N10O12PRu. The van der Waals surface area contributed by atoms with Crippen molar-refractivity contribution in [2.24, 2.45) is 11.8 Å². The minimum atomic E-state index is -1.61. The Morgan fingerprint density at radius 3 is 1.57 bits per heavy atom. The van der Waals surface area contributed by atoms with E-state index in [1.165, 1.54) is 95.8 Å². The Morgan fingerprint density at radius 1 is 0.579 bits per heavy atom. The second kappa shape index (κ2) is 56.3. The van der Waals surface area contributed by atoms with E-state index in [0.717, 1.165) is 29.8 Å². The first-order valence-corrected chi connectivity index (χ1v) is 59.2. The number of halogens is 4. The minimum absolute atomic E-state index is 0. The maximum atomic E-state index is 14.7. The molecule has 3 aliphatic carbocycles. The van der Waals surface area contributed by atoms with Crippen LogP contribution in [0.1, 0.15) is 219 Å². The molecule has 6 heterocycles. The Morgan fingerprint density at radius 2 is 1.08 bits per heavy atom. The third-order valence-corrected chi connectivity index (χ3v) is 34.9. The van der Waals surface area contributed by atoms with Gasteiger partial charge in [0, 0.05) is 136 Å². The van der Waals surface area contributed by atoms with Crippen molar-refractivity contribution in [3.63, 3.8) is 0 Å². The molecule has 8 atom stereocenters. The van der Waals surface area contributed by atoms with Gasteiger partial charge in [-0.05, 0) is 248 Å². The van der Waals surface area contributed by atoms with E-state index < -0.39 is 103 Å². The van der Waals surface area contributed by atoms with Gasteiger partial charge in [0.2, 0.25) is 23.6 Å². The average molecular weight is 2140 g/mol. The molecule has 6 aliphatic heterocycles. The van der Waals surface area contributed by atoms with Crippen LogP contribution in [0.2, 0.25) is 0 Å². The zero-order chi connectivity index (χ0) is 103. The number of rotatable bonds is 23. The summed E-state index contributed by atoms with van der Waals surface area (Å²) in [5.41, 5.74) is 17.3. The van der Waals surface area contributed by atoms with E-state index in [1.54, 1.807) is 184 Å². The Labute approximate surface area is 877 Å². The summed E-state index contributed by atoms with van der Waals surface area (Å²) in [6, 6.07) is 44.0. The number of hydrogen-bond acceptors (Lipinski definition) is 16. The molecule has 9 aliphatic rings. The third-order valence-electron chi connectivity index (χ3n) is 28.5. The number of aliphatic hydroxyl groups excluding tert-OH is 2. The summed E-state index contributed by atoms with van der Waals surface area (Å²) in [6.07, 6.45) is 27.0. The summed E-state index contributed by atoms with van der Waals surface area (Å²) in [4.78, 5) is 94.8. The predicted octanol–water partition coefficient (Wildman–Crippen LogP) is 21.6. The fourth-order valence-corrected chi connectivity index (χ4v) is 29.2. The molecular weight excluding hydrogens is 1980 g/mol. The van der Waals surface area contributed by atoms with Crippen molar-refractivity contribution in [1.82, 2.24) is 40.0 Å². The molecule has 7 aromatic carbocycles. The molecule has 4 N–H and O–H groups in total. The van der Waals surface area contributed by atoms with Gasteiger partial charge in [-0.25, -0.2) is 18.4 Å². The monoisotopic (exact) mass is 2140 g/mol. The third kappa shape index (κ3) is 35.4. The van der Waals surface area contributed by atoms with Crippen molar-refractivity contribution in [2.45, 2.75) is 290 Å². The fraction of sp³-hybridized carbons (Fsp3) is 0.521. The Hall–Kier alpha value is -9.42. The van der Waals surface area contributed by atoms with Crippen molar-refractivity contribution in [3.8, 4) is 11.5 Å². The number of nitrogens with zero attached hydrogens (tertiary/aromatic N) is 8. The molecule has 0 spiro atoms. The van der Waals surface area contributed by atoms with Crippen LogP contribution in [0.15, 0.2) is 189 Å². The molecule has 2 unspecified atom stereocenters. The van der Waals surface area contributed by atoms with Crippen molar-refractivity contribution in [1.29, 1.82) is 0 Å². The summed E-state index contributed by atoms with van der Waals surface area (Å²) in [5.74, 6) is -2.76. The zero-order valence-electron chi connectivity index (χ0n) is 86.8. The normalized spacial score (nSPS) is 20.8. The number of piperazine rings is 2. The standard InChI is InChI=1S/C36H47FN4O6.C34H43FN4O6.C21H27N2.C18H33P.C7H6.CH4.2ClH.Ru/c1-6-13-40-23-27(20-32(40)42)34(44)38-30(19-26-17-28(37)21-29(18-26)46-16-7-2)33(43)31-24-39(22-25-11-9-8-10-12-25)14-15-41(31)35(45)47-36(3,4)5;1-34(2,3)45-33(43)39-13-12-37(20-23-9-5-4-6-10-23)22-29(39)31(41)28-17-24-15-26(35)19-27(16-24)44-14-8-7-11-38-21-25(18-30(38)40)32(42)36-28;1-14-9-16(3)20(17(4)10-14)22-7-8-23(13-22)21-18(5)11-15(2)12-19(21)6;1-4-10-16(11-5-1)19(17-12-6-2-7-13-17)18-14-8-3-9-15-18;1-7-5-3-2-4-6-7;;;;/h6-12,17-18,21,27,30-31,33,43H,1-2,13-16,19-20,22-24H2,3-5H3,(H,38,44);4-10,15-16,19,25,28-29,31,41H,11-14,17-18,20-22H2,1-3H3,(H,36,42);9-13H,7-8H2,1-6H3;16-18H,1-15H2;1-6H;1H4;2*1H;/q;;-1;;;;;;+2/p-1/t27?,30-,31+,33-;25?,28-,29+,31-;;;;;;;/m00......./s1. The molecule has 7 aromatic rings. The molecule has 4 bridgehead atoms. The van der Waals surface area contributed by atoms with E-state index in [4.69, 9.17) is 38.3 Å². The Balaban J connectivity index is 0.000000187. The summed E-state index contributed by atoms with van der Waals surface area (Å²) in [6.45, 7) is 40.6. The number of aryl methyl sites for hydroxylation is 6. The van der Waals surface area contributed by atoms with E-state index in [-0.39, 0.29) is 97.4 Å². The molecule has 22 nitrogen and oxygen atoms in total. The van der Waals surface area contributed by atoms with Gasteiger partial charge >= 0.3 is 85.6 Å². The average Bonchev–Trinajstić information content (AvgIpc) is 1.75. The number of amides is 6. The SMILES string of the molecule is C.C1CCC([PH+](C2CCCCC2)C2CCCCC2)CC1.C=CCOc1cc(F)cc(C[C@H](NC(=O)C2CC(=O)N(CC=C)C2)[C@H](O)[C@H]2CN(Cc3ccccc3)CCN2C(=O)OC(C)(C)C)c1.CC(C)(C)OC(=O)N1CCN(Cc2ccccc2)C[C@@H]1[C@@H](O)[C@@H]1Cc2cc(F)cc(c2)OCC=CCN2CC(CC2=O)C(=O)N1.Cc1cc(C)c(N2[CH-]N(c3c(C)cc(C)cc3C)CC2)c(C)c1.[Cl][Ru]([Cl])=[CH]c1ccccc1. The van der Waals surface area contributed by atoms with Crippen molar-refractivity contribution >= 4 is 79.1 Å². The molecule has 28 heteroatoms. The topological polar surface area (TPSA) is 230 Å². The fourth-order valence-electron chi connectivity index (χ4n) is 22.2. The molecule has 8 fully saturated rings. The second-order valence-electron chi connectivity index (χ2n) is 42.4. The number of carbonyl (C=O) groups is 6. The van der Waals surface area contributed by atoms with Crippen molar-refractivity contribution < 1.29 is 80.2 Å². The van der Waals surface area contributed by atoms with Crippen molar-refractivity contribution in [2.75, 3.05) is 102 Å². The Bertz CT molecular complexity index is 5290. The summed E-state index contributed by atoms with van der Waals surface area (Å²) in [5, 5.41) is 30.2. The number of ether oxygens (including phenoxy) is 4. The van der Waals surface area contributed by atoms with Gasteiger partial charge in [-0.15, -0.1) is 6.58 Å². The Kier molecular flexibility index (Phi) is 45.0. The van der Waals surface area contributed by atoms with Crippen LogP contribution in [-0.2, 0) is 68.1 Å². The van der Waals surface area contributed by atoms with Crippen LogP contribution < -0.4 is 29.9 Å². The van der Waals surface area contributed by atoms with Gasteiger partial charge in [-0.2, -0.15) is 6.67 Å². The second-order valence-corrected chi connectivity index (χ2v) is 51.6. The molecule has 5 saturated heterocycles. The number of carbonyl (C=O) groups excluding carboxylic acids is 6. The van der Waals surface area contributed by atoms with Crippen LogP contribution >= 0.6 is 27.3 Å². The van der Waals surface area contributed by atoms with Crippen LogP contribution in [-0.4, -0.2) is 236 Å². The van der Waals surface area contributed by atoms with E-state index in [0.29, 0.717) is 75.8 Å². The van der Waals surface area contributed by atoms with Gasteiger partial charge in [0.1, 0.15) is 47.5 Å². The quantitative estimate of drug-likeness (QED) is 0.0202. The van der Waals surface area contributed by atoms with Gasteiger partial charge in [0.15, 0.2) is 0 Å². The van der Waals surface area contributed by atoms with Gasteiger partial charge in [-0.3, -0.25) is 38.8 Å². The summed E-state index contributed by atoms with van der Waals surface area (Å²) >= 11 is -1.61. The molecule has 0 radical (unpaired) electrons. The first-order chi connectivity index (χ1) is 68.9. The number of benzene rings is 7. The maximum absolute atomic E-state index is 14.7. The number of fused-ring (bicyclic) bond motifs is 4. The van der Waals surface area contributed by atoms with Gasteiger partial charge in [-0.1, -0.05) is 148 Å². The zero-order valence-corrected chi connectivity index (χ0v) is 91.1. The van der Waals surface area contributed by atoms with E-state index in [9.17, 15) is 47.8 Å². The molecule has 16 rings (SSSR count). The molecule has 6 amide bonds. The first kappa shape index (κ1) is 116. The molecule has 3 saturated carbocycles. The van der Waals surface area contributed by atoms with Crippen LogP contribution in [0.3, 0.4) is 0 Å². The molecule has 145 heavy (non-hydrogen) atoms. The number of aliphatic hydroxyl groups is 2. The van der Waals surface area contributed by atoms with E-state index in [2.05, 4.69) is 116 Å². The summed E-state index contributed by atoms with van der Waals surface area (Å²) < 4.78 is 54.2. The number of likely N-dealkylation sites (tertiary alicyclic amines) is 1. The van der Waals surface area contributed by atoms with E-state index >= 15 is 0 Å². The molecule has 0 aromatic heterocycles. The molecule has 792 valence electrons. The number of anilines is 2. The van der Waals surface area contributed by atoms with Gasteiger partial charge < -0.3 is 59.4 Å². The number of nitrogens with one attached hydrogen (secondary N) is 2. The van der Waals surface area contributed by atoms with Gasteiger partial charge in [0.25, 0.3) is 0 Å². The van der Waals surface area contributed by atoms with E-state index in [1.807, 2.05) is 95.6 Å².